The Hall–Kier alpha value is -1.10. The van der Waals surface area contributed by atoms with Crippen LogP contribution in [0.4, 0.5) is 0 Å². The van der Waals surface area contributed by atoms with E-state index in [1.807, 2.05) is 0 Å². The van der Waals surface area contributed by atoms with Crippen molar-refractivity contribution < 1.29 is 19.8 Å². The first-order valence-corrected chi connectivity index (χ1v) is 3.29. The highest BCUT2D eigenvalue weighted by Gasteiger charge is 2.37. The van der Waals surface area contributed by atoms with Crippen LogP contribution in [-0.2, 0) is 9.59 Å². The monoisotopic (exact) mass is 159 g/mol. The molecule has 1 aliphatic heterocycles. The van der Waals surface area contributed by atoms with E-state index in [9.17, 15) is 9.59 Å². The Morgan fingerprint density at radius 2 is 2.09 bits per heavy atom. The minimum Gasteiger partial charge on any atom is -0.481 e. The lowest BCUT2D eigenvalue weighted by Gasteiger charge is -2.05. The molecule has 1 rings (SSSR count). The van der Waals surface area contributed by atoms with Gasteiger partial charge in [0.15, 0.2) is 0 Å². The number of hydrogen-bond acceptors (Lipinski definition) is 3. The number of rotatable bonds is 4. The van der Waals surface area contributed by atoms with Crippen LogP contribution in [0.5, 0.6) is 0 Å². The molecular weight excluding hydrogens is 150 g/mol. The molecule has 1 aliphatic rings. The quantitative estimate of drug-likeness (QED) is 0.463. The molecule has 0 spiro atoms. The van der Waals surface area contributed by atoms with Crippen LogP contribution in [0.25, 0.3) is 0 Å². The summed E-state index contributed by atoms with van der Waals surface area (Å²) in [5, 5.41) is 19.6. The molecule has 1 saturated heterocycles. The zero-order valence-corrected chi connectivity index (χ0v) is 5.78. The summed E-state index contributed by atoms with van der Waals surface area (Å²) in [6.07, 6.45) is -0.299. The molecule has 0 bridgehead atoms. The van der Waals surface area contributed by atoms with Crippen LogP contribution in [0, 0.1) is 5.92 Å². The standard InChI is InChI=1S/C6H9NO4/c8-5(9)1-3(6(10)11)4-2-7-4/h3-4,7H,1-2H2,(H,8,9)(H,10,11)/t3-,4-/m1/s1. The van der Waals surface area contributed by atoms with E-state index in [0.29, 0.717) is 6.54 Å². The highest BCUT2D eigenvalue weighted by molar-refractivity contribution is 5.78. The van der Waals surface area contributed by atoms with Crippen molar-refractivity contribution in [2.24, 2.45) is 5.92 Å². The first-order chi connectivity index (χ1) is 5.11. The number of carboxylic acid groups (broad SMARTS) is 2. The minimum atomic E-state index is -1.06. The fourth-order valence-corrected chi connectivity index (χ4v) is 0.942. The molecule has 0 aromatic rings. The predicted molar refractivity (Wildman–Crippen MR) is 35.2 cm³/mol. The molecule has 5 nitrogen and oxygen atoms in total. The van der Waals surface area contributed by atoms with Gasteiger partial charge < -0.3 is 15.5 Å². The maximum absolute atomic E-state index is 10.4. The van der Waals surface area contributed by atoms with Crippen molar-refractivity contribution in [1.82, 2.24) is 5.32 Å². The van der Waals surface area contributed by atoms with Gasteiger partial charge in [0.25, 0.3) is 0 Å². The number of aliphatic carboxylic acids is 2. The van der Waals surface area contributed by atoms with E-state index >= 15 is 0 Å². The molecule has 0 amide bonds. The van der Waals surface area contributed by atoms with Crippen molar-refractivity contribution in [2.75, 3.05) is 6.54 Å². The summed E-state index contributed by atoms with van der Waals surface area (Å²) in [6, 6.07) is -0.136. The highest BCUT2D eigenvalue weighted by atomic mass is 16.4. The molecule has 0 aromatic heterocycles. The summed E-state index contributed by atoms with van der Waals surface area (Å²) >= 11 is 0. The lowest BCUT2D eigenvalue weighted by atomic mass is 10.0. The van der Waals surface area contributed by atoms with Gasteiger partial charge in [-0.2, -0.15) is 0 Å². The summed E-state index contributed by atoms with van der Waals surface area (Å²) in [5.41, 5.74) is 0. The average Bonchev–Trinajstić information content (AvgIpc) is 2.63. The number of hydrogen-bond donors (Lipinski definition) is 3. The maximum atomic E-state index is 10.4. The van der Waals surface area contributed by atoms with Crippen LogP contribution in [0.1, 0.15) is 6.42 Å². The third-order valence-corrected chi connectivity index (χ3v) is 1.64. The first kappa shape index (κ1) is 8.00. The molecule has 62 valence electrons. The van der Waals surface area contributed by atoms with Gasteiger partial charge >= 0.3 is 11.9 Å². The van der Waals surface area contributed by atoms with Crippen molar-refractivity contribution in [3.8, 4) is 0 Å². The van der Waals surface area contributed by atoms with Crippen LogP contribution in [0.3, 0.4) is 0 Å². The predicted octanol–water partition coefficient (Wildman–Crippen LogP) is -0.866. The second-order valence-corrected chi connectivity index (χ2v) is 2.56. The van der Waals surface area contributed by atoms with Gasteiger partial charge in [-0.05, 0) is 0 Å². The smallest absolute Gasteiger partial charge is 0.308 e. The fourth-order valence-electron chi connectivity index (χ4n) is 0.942. The highest BCUT2D eigenvalue weighted by Crippen LogP contribution is 2.16. The van der Waals surface area contributed by atoms with Gasteiger partial charge in [0.1, 0.15) is 0 Å². The molecule has 2 atom stereocenters. The van der Waals surface area contributed by atoms with Gasteiger partial charge in [0, 0.05) is 12.6 Å². The van der Waals surface area contributed by atoms with Gasteiger partial charge in [-0.1, -0.05) is 0 Å². The van der Waals surface area contributed by atoms with Crippen molar-refractivity contribution in [2.45, 2.75) is 12.5 Å². The molecule has 1 heterocycles. The molecule has 0 aromatic carbocycles. The molecule has 1 fully saturated rings. The second-order valence-electron chi connectivity index (χ2n) is 2.56. The van der Waals surface area contributed by atoms with E-state index in [1.54, 1.807) is 0 Å². The lowest BCUT2D eigenvalue weighted by molar-refractivity contribution is -0.148. The number of carboxylic acids is 2. The van der Waals surface area contributed by atoms with Crippen LogP contribution in [0.15, 0.2) is 0 Å². The van der Waals surface area contributed by atoms with E-state index in [4.69, 9.17) is 10.2 Å². The number of nitrogens with one attached hydrogen (secondary N) is 1. The molecule has 3 N–H and O–H groups in total. The summed E-state index contributed by atoms with van der Waals surface area (Å²) in [5.74, 6) is -2.87. The summed E-state index contributed by atoms with van der Waals surface area (Å²) in [7, 11) is 0. The lowest BCUT2D eigenvalue weighted by Crippen LogP contribution is -2.24. The van der Waals surface area contributed by atoms with E-state index in [0.717, 1.165) is 0 Å². The normalized spacial score (nSPS) is 24.2. The van der Waals surface area contributed by atoms with Crippen molar-refractivity contribution in [3.05, 3.63) is 0 Å². The Kier molecular flexibility index (Phi) is 2.09. The fraction of sp³-hybridized carbons (Fsp3) is 0.667. The van der Waals surface area contributed by atoms with Gasteiger partial charge in [-0.15, -0.1) is 0 Å². The van der Waals surface area contributed by atoms with Gasteiger partial charge in [-0.3, -0.25) is 9.59 Å². The molecule has 5 heteroatoms. The number of carbonyl (C=O) groups is 2. The molecule has 0 aliphatic carbocycles. The zero-order valence-electron chi connectivity index (χ0n) is 5.78. The van der Waals surface area contributed by atoms with Crippen molar-refractivity contribution in [1.29, 1.82) is 0 Å². The van der Waals surface area contributed by atoms with Crippen LogP contribution in [0.2, 0.25) is 0 Å². The first-order valence-electron chi connectivity index (χ1n) is 3.29. The Labute approximate surface area is 63.0 Å². The second kappa shape index (κ2) is 2.87. The molecule has 0 radical (unpaired) electrons. The van der Waals surface area contributed by atoms with Gasteiger partial charge in [-0.25, -0.2) is 0 Å². The van der Waals surface area contributed by atoms with E-state index < -0.39 is 17.9 Å². The summed E-state index contributed by atoms with van der Waals surface area (Å²) in [6.45, 7) is 0.615. The van der Waals surface area contributed by atoms with E-state index in [-0.39, 0.29) is 12.5 Å². The van der Waals surface area contributed by atoms with Gasteiger partial charge in [0.2, 0.25) is 0 Å². The maximum Gasteiger partial charge on any atom is 0.308 e. The Bertz CT molecular complexity index is 187. The van der Waals surface area contributed by atoms with Gasteiger partial charge in [0.05, 0.1) is 12.3 Å². The third-order valence-electron chi connectivity index (χ3n) is 1.64. The molecule has 11 heavy (non-hydrogen) atoms. The van der Waals surface area contributed by atoms with Crippen LogP contribution < -0.4 is 5.32 Å². The molecular formula is C6H9NO4. The largest absolute Gasteiger partial charge is 0.481 e. The third kappa shape index (κ3) is 2.19. The van der Waals surface area contributed by atoms with Crippen molar-refractivity contribution in [3.63, 3.8) is 0 Å². The van der Waals surface area contributed by atoms with Crippen LogP contribution >= 0.6 is 0 Å². The average molecular weight is 159 g/mol. The zero-order chi connectivity index (χ0) is 8.43. The Morgan fingerprint density at radius 1 is 1.55 bits per heavy atom. The Morgan fingerprint density at radius 3 is 2.36 bits per heavy atom. The summed E-state index contributed by atoms with van der Waals surface area (Å²) in [4.78, 5) is 20.6. The van der Waals surface area contributed by atoms with E-state index in [2.05, 4.69) is 5.32 Å². The molecule has 0 unspecified atom stereocenters. The van der Waals surface area contributed by atoms with Crippen LogP contribution in [-0.4, -0.2) is 34.7 Å². The van der Waals surface area contributed by atoms with E-state index in [1.165, 1.54) is 0 Å². The summed E-state index contributed by atoms with van der Waals surface area (Å²) < 4.78 is 0. The van der Waals surface area contributed by atoms with Crippen molar-refractivity contribution >= 4 is 11.9 Å². The Balaban J connectivity index is 2.45. The minimum absolute atomic E-state index is 0.136. The molecule has 0 saturated carbocycles. The SMILES string of the molecule is O=C(O)C[C@@H](C(=O)O)[C@H]1CN1. The topological polar surface area (TPSA) is 96.5 Å².